The Morgan fingerprint density at radius 2 is 1.67 bits per heavy atom. The average molecular weight is 373 g/mol. The lowest BCUT2D eigenvalue weighted by molar-refractivity contribution is -0.130. The maximum atomic E-state index is 12.6. The minimum absolute atomic E-state index is 0.0100. The lowest BCUT2D eigenvalue weighted by atomic mass is 9.96. The van der Waals surface area contributed by atoms with Gasteiger partial charge in [0.1, 0.15) is 0 Å². The van der Waals surface area contributed by atoms with Crippen LogP contribution in [-0.2, 0) is 4.79 Å². The Hall–Kier alpha value is -1.76. The highest BCUT2D eigenvalue weighted by atomic mass is 16.3. The van der Waals surface area contributed by atoms with Gasteiger partial charge in [-0.2, -0.15) is 0 Å². The first kappa shape index (κ1) is 20.0. The summed E-state index contributed by atoms with van der Waals surface area (Å²) in [6, 6.07) is 9.13. The molecule has 2 atom stereocenters. The summed E-state index contributed by atoms with van der Waals surface area (Å²) in [6.45, 7) is 6.58. The van der Waals surface area contributed by atoms with Gasteiger partial charge in [-0.15, -0.1) is 0 Å². The highest BCUT2D eigenvalue weighted by Gasteiger charge is 2.36. The molecule has 1 amide bonds. The van der Waals surface area contributed by atoms with Crippen LogP contribution in [-0.4, -0.2) is 91.0 Å². The minimum atomic E-state index is 0.0100. The van der Waals surface area contributed by atoms with Crippen molar-refractivity contribution in [1.29, 1.82) is 0 Å². The van der Waals surface area contributed by atoms with Gasteiger partial charge in [0.15, 0.2) is 5.78 Å². The largest absolute Gasteiger partial charge is 0.396 e. The summed E-state index contributed by atoms with van der Waals surface area (Å²) in [5.41, 5.74) is 0.660. The molecule has 2 heterocycles. The van der Waals surface area contributed by atoms with Gasteiger partial charge >= 0.3 is 0 Å². The van der Waals surface area contributed by atoms with E-state index in [2.05, 4.69) is 16.8 Å². The van der Waals surface area contributed by atoms with Gasteiger partial charge in [0.2, 0.25) is 5.91 Å². The van der Waals surface area contributed by atoms with E-state index in [1.165, 1.54) is 0 Å². The summed E-state index contributed by atoms with van der Waals surface area (Å²) in [5, 5.41) is 9.76. The molecule has 2 aliphatic rings. The molecule has 2 fully saturated rings. The van der Waals surface area contributed by atoms with Crippen LogP contribution in [0.4, 0.5) is 0 Å². The number of carbonyl (C=O) groups excluding carboxylic acids is 2. The van der Waals surface area contributed by atoms with Crippen LogP contribution in [0, 0.1) is 11.8 Å². The molecule has 148 valence electrons. The van der Waals surface area contributed by atoms with Crippen molar-refractivity contribution in [2.75, 3.05) is 59.5 Å². The van der Waals surface area contributed by atoms with Crippen molar-refractivity contribution in [3.05, 3.63) is 35.9 Å². The van der Waals surface area contributed by atoms with Crippen LogP contribution in [0.25, 0.3) is 0 Å². The summed E-state index contributed by atoms with van der Waals surface area (Å²) in [7, 11) is 2.14. The predicted molar refractivity (Wildman–Crippen MR) is 105 cm³/mol. The maximum absolute atomic E-state index is 12.6. The van der Waals surface area contributed by atoms with Gasteiger partial charge in [-0.05, 0) is 13.0 Å². The third-order valence-electron chi connectivity index (χ3n) is 5.91. The Morgan fingerprint density at radius 3 is 2.33 bits per heavy atom. The van der Waals surface area contributed by atoms with Gasteiger partial charge in [-0.1, -0.05) is 30.3 Å². The van der Waals surface area contributed by atoms with Crippen LogP contribution in [0.2, 0.25) is 0 Å². The van der Waals surface area contributed by atoms with Gasteiger partial charge in [0.25, 0.3) is 0 Å². The van der Waals surface area contributed by atoms with Crippen LogP contribution in [0.1, 0.15) is 23.2 Å². The molecule has 1 aromatic rings. The number of rotatable bonds is 7. The van der Waals surface area contributed by atoms with Crippen LogP contribution >= 0.6 is 0 Å². The molecule has 6 heteroatoms. The van der Waals surface area contributed by atoms with Gasteiger partial charge < -0.3 is 19.8 Å². The van der Waals surface area contributed by atoms with Crippen molar-refractivity contribution in [2.24, 2.45) is 11.8 Å². The molecule has 0 radical (unpaired) electrons. The number of Topliss-reactive ketones (excluding diaryl/α,β-unsaturated/α-hetero) is 1. The number of piperazine rings is 1. The number of benzene rings is 1. The van der Waals surface area contributed by atoms with E-state index in [0.717, 1.165) is 32.7 Å². The van der Waals surface area contributed by atoms with E-state index >= 15 is 0 Å². The van der Waals surface area contributed by atoms with Crippen LogP contribution in [0.5, 0.6) is 0 Å². The van der Waals surface area contributed by atoms with E-state index in [9.17, 15) is 14.7 Å². The van der Waals surface area contributed by atoms with Crippen molar-refractivity contribution in [1.82, 2.24) is 14.7 Å². The zero-order valence-electron chi connectivity index (χ0n) is 16.2. The van der Waals surface area contributed by atoms with Crippen LogP contribution in [0.3, 0.4) is 0 Å². The number of hydrogen-bond acceptors (Lipinski definition) is 5. The average Bonchev–Trinajstić information content (AvgIpc) is 3.11. The SMILES string of the molecule is CN1CCN(CC2CN(C(=O)CCC(=O)c3ccccc3)CC2CO)CC1. The number of hydrogen-bond donors (Lipinski definition) is 1. The van der Waals surface area contributed by atoms with E-state index in [-0.39, 0.29) is 37.1 Å². The highest BCUT2D eigenvalue weighted by Crippen LogP contribution is 2.25. The topological polar surface area (TPSA) is 64.1 Å². The van der Waals surface area contributed by atoms with E-state index in [0.29, 0.717) is 24.6 Å². The lowest BCUT2D eigenvalue weighted by Gasteiger charge is -2.34. The fourth-order valence-electron chi connectivity index (χ4n) is 4.07. The molecular weight excluding hydrogens is 342 g/mol. The normalized spacial score (nSPS) is 24.3. The highest BCUT2D eigenvalue weighted by molar-refractivity contribution is 5.97. The molecular formula is C21H31N3O3. The van der Waals surface area contributed by atoms with Gasteiger partial charge in [0, 0.05) is 76.7 Å². The number of amides is 1. The first-order valence-electron chi connectivity index (χ1n) is 9.94. The second-order valence-corrected chi connectivity index (χ2v) is 7.89. The Morgan fingerprint density at radius 1 is 1.00 bits per heavy atom. The van der Waals surface area contributed by atoms with Gasteiger partial charge in [-0.3, -0.25) is 9.59 Å². The first-order chi connectivity index (χ1) is 13.1. The molecule has 0 aliphatic carbocycles. The van der Waals surface area contributed by atoms with Crippen LogP contribution in [0.15, 0.2) is 30.3 Å². The summed E-state index contributed by atoms with van der Waals surface area (Å²) in [6.07, 6.45) is 0.485. The smallest absolute Gasteiger partial charge is 0.223 e. The van der Waals surface area contributed by atoms with E-state index in [1.807, 2.05) is 23.1 Å². The molecule has 0 aromatic heterocycles. The number of aliphatic hydroxyl groups excluding tert-OH is 1. The predicted octanol–water partition coefficient (Wildman–Crippen LogP) is 0.964. The number of aliphatic hydroxyl groups is 1. The molecule has 0 spiro atoms. The Kier molecular flexibility index (Phi) is 6.99. The van der Waals surface area contributed by atoms with E-state index in [1.54, 1.807) is 12.1 Å². The summed E-state index contributed by atoms with van der Waals surface area (Å²) >= 11 is 0. The lowest BCUT2D eigenvalue weighted by Crippen LogP contribution is -2.47. The third kappa shape index (κ3) is 5.37. The molecule has 2 aliphatic heterocycles. The zero-order valence-corrected chi connectivity index (χ0v) is 16.2. The van der Waals surface area contributed by atoms with Crippen molar-refractivity contribution in [2.45, 2.75) is 12.8 Å². The van der Waals surface area contributed by atoms with Crippen molar-refractivity contribution in [3.63, 3.8) is 0 Å². The zero-order chi connectivity index (χ0) is 19.2. The standard InChI is InChI=1S/C21H31N3O3/c1-22-9-11-23(12-10-22)13-18-14-24(15-19(18)16-25)21(27)8-7-20(26)17-5-3-2-4-6-17/h2-6,18-19,25H,7-16H2,1H3. The monoisotopic (exact) mass is 373 g/mol. The molecule has 27 heavy (non-hydrogen) atoms. The summed E-state index contributed by atoms with van der Waals surface area (Å²) in [5.74, 6) is 0.486. The Labute approximate surface area is 161 Å². The van der Waals surface area contributed by atoms with Gasteiger partial charge in [-0.25, -0.2) is 0 Å². The molecule has 2 saturated heterocycles. The number of carbonyl (C=O) groups is 2. The second-order valence-electron chi connectivity index (χ2n) is 7.89. The van der Waals surface area contributed by atoms with Gasteiger partial charge in [0.05, 0.1) is 0 Å². The third-order valence-corrected chi connectivity index (χ3v) is 5.91. The number of nitrogens with zero attached hydrogens (tertiary/aromatic N) is 3. The Bertz CT molecular complexity index is 629. The summed E-state index contributed by atoms with van der Waals surface area (Å²) in [4.78, 5) is 31.4. The molecule has 3 rings (SSSR count). The molecule has 2 unspecified atom stereocenters. The summed E-state index contributed by atoms with van der Waals surface area (Å²) < 4.78 is 0. The maximum Gasteiger partial charge on any atom is 0.223 e. The number of ketones is 1. The van der Waals surface area contributed by atoms with Crippen molar-refractivity contribution < 1.29 is 14.7 Å². The van der Waals surface area contributed by atoms with Crippen molar-refractivity contribution in [3.8, 4) is 0 Å². The van der Waals surface area contributed by atoms with Crippen molar-refractivity contribution >= 4 is 11.7 Å². The Balaban J connectivity index is 1.48. The molecule has 6 nitrogen and oxygen atoms in total. The molecule has 1 aromatic carbocycles. The number of likely N-dealkylation sites (tertiary alicyclic amines) is 1. The first-order valence-corrected chi connectivity index (χ1v) is 9.94. The van der Waals surface area contributed by atoms with E-state index in [4.69, 9.17) is 0 Å². The quantitative estimate of drug-likeness (QED) is 0.722. The fraction of sp³-hybridized carbons (Fsp3) is 0.619. The van der Waals surface area contributed by atoms with E-state index < -0.39 is 0 Å². The minimum Gasteiger partial charge on any atom is -0.396 e. The molecule has 1 N–H and O–H groups in total. The molecule has 0 bridgehead atoms. The molecule has 0 saturated carbocycles. The number of likely N-dealkylation sites (N-methyl/N-ethyl adjacent to an activating group) is 1. The fourth-order valence-corrected chi connectivity index (χ4v) is 4.07. The second kappa shape index (κ2) is 9.44. The van der Waals surface area contributed by atoms with Crippen LogP contribution < -0.4 is 0 Å².